The molecule has 1 aromatic carbocycles. The van der Waals surface area contributed by atoms with Crippen LogP contribution in [0, 0.1) is 0 Å². The van der Waals surface area contributed by atoms with Crippen molar-refractivity contribution in [1.82, 2.24) is 9.97 Å². The number of amides is 2. The smallest absolute Gasteiger partial charge is 0.319 e. The van der Waals surface area contributed by atoms with E-state index in [-0.39, 0.29) is 12.1 Å². The first-order valence-corrected chi connectivity index (χ1v) is 12.2. The second kappa shape index (κ2) is 10.1. The van der Waals surface area contributed by atoms with E-state index in [1.807, 2.05) is 26.2 Å². The van der Waals surface area contributed by atoms with E-state index >= 15 is 0 Å². The summed E-state index contributed by atoms with van der Waals surface area (Å²) in [6, 6.07) is 5.26. The van der Waals surface area contributed by atoms with E-state index in [0.29, 0.717) is 23.2 Å². The van der Waals surface area contributed by atoms with Gasteiger partial charge in [-0.2, -0.15) is 4.98 Å². The summed E-state index contributed by atoms with van der Waals surface area (Å²) < 4.78 is 0. The van der Waals surface area contributed by atoms with Crippen LogP contribution in [-0.2, 0) is 19.4 Å². The Bertz CT molecular complexity index is 1000. The summed E-state index contributed by atoms with van der Waals surface area (Å²) >= 11 is 6.42. The van der Waals surface area contributed by atoms with Gasteiger partial charge in [-0.15, -0.1) is 0 Å². The number of rotatable bonds is 6. The largest absolute Gasteiger partial charge is 0.362 e. The molecule has 0 unspecified atom stereocenters. The number of nitrogens with two attached hydrogens (primary N) is 2. The van der Waals surface area contributed by atoms with Gasteiger partial charge in [0.15, 0.2) is 0 Å². The van der Waals surface area contributed by atoms with E-state index in [2.05, 4.69) is 10.2 Å². The van der Waals surface area contributed by atoms with Crippen LogP contribution in [0.1, 0.15) is 55.3 Å². The lowest BCUT2D eigenvalue weighted by molar-refractivity contribution is 0.248. The number of fused-ring (bicyclic) bond motifs is 1. The number of halogens is 1. The number of urea groups is 1. The van der Waals surface area contributed by atoms with Crippen LogP contribution in [0.25, 0.3) is 0 Å². The number of aromatic nitrogens is 2. The van der Waals surface area contributed by atoms with Gasteiger partial charge in [-0.05, 0) is 69.1 Å². The first kappa shape index (κ1) is 23.6. The van der Waals surface area contributed by atoms with Crippen LogP contribution in [0.3, 0.4) is 0 Å². The molecule has 0 spiro atoms. The molecule has 1 fully saturated rings. The first-order chi connectivity index (χ1) is 15.9. The first-order valence-electron chi connectivity index (χ1n) is 11.8. The summed E-state index contributed by atoms with van der Waals surface area (Å²) in [5.74, 6) is 1.72. The van der Waals surface area contributed by atoms with Gasteiger partial charge in [0.1, 0.15) is 5.82 Å². The van der Waals surface area contributed by atoms with Crippen LogP contribution in [0.15, 0.2) is 18.2 Å². The Hall–Kier alpha value is -2.58. The summed E-state index contributed by atoms with van der Waals surface area (Å²) in [4.78, 5) is 25.8. The molecule has 0 atom stereocenters. The Balaban J connectivity index is 1.46. The summed E-state index contributed by atoms with van der Waals surface area (Å²) in [5, 5.41) is 4.06. The molecule has 33 heavy (non-hydrogen) atoms. The van der Waals surface area contributed by atoms with Gasteiger partial charge in [0.2, 0.25) is 5.95 Å². The van der Waals surface area contributed by atoms with E-state index < -0.39 is 6.03 Å². The van der Waals surface area contributed by atoms with Gasteiger partial charge in [-0.25, -0.2) is 9.78 Å². The summed E-state index contributed by atoms with van der Waals surface area (Å²) in [7, 11) is 4.07. The van der Waals surface area contributed by atoms with Gasteiger partial charge in [0.05, 0.1) is 16.4 Å². The Morgan fingerprint density at radius 1 is 1.15 bits per heavy atom. The monoisotopic (exact) mass is 471 g/mol. The fourth-order valence-electron chi connectivity index (χ4n) is 5.03. The third kappa shape index (κ3) is 5.17. The lowest BCUT2D eigenvalue weighted by atomic mass is 9.90. The predicted molar refractivity (Wildman–Crippen MR) is 134 cm³/mol. The minimum absolute atomic E-state index is 0.00661. The highest BCUT2D eigenvalue weighted by Crippen LogP contribution is 2.34. The molecule has 8 nitrogen and oxygen atoms in total. The molecule has 1 aromatic heterocycles. The Morgan fingerprint density at radius 3 is 2.55 bits per heavy atom. The molecule has 9 heteroatoms. The molecule has 1 heterocycles. The number of carbonyl (C=O) groups is 1. The number of nitrogens with zero attached hydrogens (tertiary/aromatic N) is 4. The molecule has 0 radical (unpaired) electrons. The van der Waals surface area contributed by atoms with Gasteiger partial charge in [0.25, 0.3) is 0 Å². The summed E-state index contributed by atoms with van der Waals surface area (Å²) in [6.45, 7) is 0.378. The summed E-state index contributed by atoms with van der Waals surface area (Å²) in [5.41, 5.74) is 15.6. The average molecular weight is 472 g/mol. The molecule has 2 aromatic rings. The molecule has 1 saturated carbocycles. The van der Waals surface area contributed by atoms with E-state index in [1.54, 1.807) is 11.0 Å². The molecule has 2 aliphatic rings. The fraction of sp³-hybridized carbons (Fsp3) is 0.542. The lowest BCUT2D eigenvalue weighted by Crippen LogP contribution is -2.47. The second-order valence-electron chi connectivity index (χ2n) is 9.25. The van der Waals surface area contributed by atoms with Crippen molar-refractivity contribution in [2.75, 3.05) is 29.2 Å². The van der Waals surface area contributed by atoms with Gasteiger partial charge in [0, 0.05) is 38.3 Å². The van der Waals surface area contributed by atoms with Crippen LogP contribution in [0.2, 0.25) is 5.02 Å². The van der Waals surface area contributed by atoms with Crippen molar-refractivity contribution in [1.29, 1.82) is 0 Å². The van der Waals surface area contributed by atoms with Crippen LogP contribution in [0.5, 0.6) is 0 Å². The van der Waals surface area contributed by atoms with Crippen molar-refractivity contribution in [3.8, 4) is 0 Å². The van der Waals surface area contributed by atoms with Crippen molar-refractivity contribution < 1.29 is 4.79 Å². The highest BCUT2D eigenvalue weighted by molar-refractivity contribution is 6.33. The molecule has 178 valence electrons. The number of hydrogen-bond acceptors (Lipinski definition) is 6. The number of hydrogen-bond donors (Lipinski definition) is 3. The minimum atomic E-state index is -0.490. The highest BCUT2D eigenvalue weighted by atomic mass is 35.5. The molecule has 0 bridgehead atoms. The third-order valence-electron chi connectivity index (χ3n) is 6.72. The number of aryl methyl sites for hydroxylation is 1. The number of benzene rings is 1. The van der Waals surface area contributed by atoms with Crippen molar-refractivity contribution in [2.24, 2.45) is 11.5 Å². The van der Waals surface area contributed by atoms with Crippen LogP contribution >= 0.6 is 11.6 Å². The Kier molecular flexibility index (Phi) is 7.24. The van der Waals surface area contributed by atoms with Crippen molar-refractivity contribution in [2.45, 2.75) is 70.0 Å². The minimum Gasteiger partial charge on any atom is -0.362 e. The molecular weight excluding hydrogens is 438 g/mol. The Labute approximate surface area is 200 Å². The van der Waals surface area contributed by atoms with Crippen LogP contribution < -0.4 is 26.6 Å². The summed E-state index contributed by atoms with van der Waals surface area (Å²) in [6.07, 6.45) is 7.84. The zero-order valence-electron chi connectivity index (χ0n) is 19.5. The number of nitrogens with one attached hydrogen (secondary N) is 1. The number of carbonyl (C=O) groups excluding carboxylic acids is 1. The SMILES string of the molecule is CN(C)c1nc(NC2CCC(N(C(N)=O)c3cc(CN)ccc3Cl)CC2)nc2c1CCCC2. The van der Waals surface area contributed by atoms with Crippen LogP contribution in [-0.4, -0.2) is 42.2 Å². The van der Waals surface area contributed by atoms with Crippen LogP contribution in [0.4, 0.5) is 22.2 Å². The second-order valence-corrected chi connectivity index (χ2v) is 9.65. The maximum atomic E-state index is 12.4. The lowest BCUT2D eigenvalue weighted by Gasteiger charge is -2.37. The van der Waals surface area contributed by atoms with Crippen molar-refractivity contribution in [3.05, 3.63) is 40.0 Å². The highest BCUT2D eigenvalue weighted by Gasteiger charge is 2.31. The van der Waals surface area contributed by atoms with E-state index in [4.69, 9.17) is 33.0 Å². The molecule has 5 N–H and O–H groups in total. The average Bonchev–Trinajstić information content (AvgIpc) is 2.80. The molecule has 2 amide bonds. The zero-order chi connectivity index (χ0) is 23.5. The third-order valence-corrected chi connectivity index (χ3v) is 7.04. The fourth-order valence-corrected chi connectivity index (χ4v) is 5.24. The normalized spacial score (nSPS) is 20.1. The number of anilines is 3. The quantitative estimate of drug-likeness (QED) is 0.589. The zero-order valence-corrected chi connectivity index (χ0v) is 20.2. The van der Waals surface area contributed by atoms with E-state index in [1.165, 1.54) is 24.1 Å². The van der Waals surface area contributed by atoms with Gasteiger partial charge < -0.3 is 21.7 Å². The molecule has 0 aliphatic heterocycles. The van der Waals surface area contributed by atoms with E-state index in [9.17, 15) is 4.79 Å². The molecule has 0 saturated heterocycles. The predicted octanol–water partition coefficient (Wildman–Crippen LogP) is 3.84. The van der Waals surface area contributed by atoms with Gasteiger partial charge in [-0.1, -0.05) is 17.7 Å². The number of primary amides is 1. The molecule has 2 aliphatic carbocycles. The standard InChI is InChI=1S/C24H34ClN7O/c1-31(2)22-18-5-3-4-6-20(18)29-24(30-22)28-16-8-10-17(11-9-16)32(23(27)33)21-13-15(14-26)7-12-19(21)25/h7,12-13,16-17H,3-6,8-11,14,26H2,1-2H3,(H2,27,33)(H,28,29,30). The van der Waals surface area contributed by atoms with Gasteiger partial charge in [-0.3, -0.25) is 4.90 Å². The maximum Gasteiger partial charge on any atom is 0.319 e. The topological polar surface area (TPSA) is 113 Å². The van der Waals surface area contributed by atoms with Gasteiger partial charge >= 0.3 is 6.03 Å². The van der Waals surface area contributed by atoms with Crippen molar-refractivity contribution in [3.63, 3.8) is 0 Å². The molecular formula is C24H34ClN7O. The maximum absolute atomic E-state index is 12.4. The molecule has 4 rings (SSSR count). The van der Waals surface area contributed by atoms with E-state index in [0.717, 1.165) is 49.9 Å². The Morgan fingerprint density at radius 2 is 1.88 bits per heavy atom. The van der Waals surface area contributed by atoms with Crippen molar-refractivity contribution >= 4 is 35.1 Å².